The summed E-state index contributed by atoms with van der Waals surface area (Å²) < 4.78 is 5.29. The summed E-state index contributed by atoms with van der Waals surface area (Å²) in [6, 6.07) is 4.47. The van der Waals surface area contributed by atoms with Gasteiger partial charge in [-0.3, -0.25) is 0 Å². The van der Waals surface area contributed by atoms with Crippen LogP contribution in [0.15, 0.2) is 17.5 Å². The molecule has 1 atom stereocenters. The molecule has 1 heterocycles. The Balaban J connectivity index is 2.27. The number of hydrogen-bond donors (Lipinski definition) is 1. The fourth-order valence-electron chi connectivity index (χ4n) is 1.52. The quantitative estimate of drug-likeness (QED) is 0.902. The molecule has 108 valence electrons. The number of ether oxygens (including phenoxy) is 1. The molecule has 5 heteroatoms. The van der Waals surface area contributed by atoms with E-state index < -0.39 is 5.60 Å². The van der Waals surface area contributed by atoms with Crippen LogP contribution in [-0.2, 0) is 4.74 Å². The van der Waals surface area contributed by atoms with Crippen molar-refractivity contribution in [1.82, 2.24) is 10.2 Å². The number of rotatable bonds is 5. The van der Waals surface area contributed by atoms with Crippen LogP contribution in [0.3, 0.4) is 0 Å². The maximum absolute atomic E-state index is 11.7. The van der Waals surface area contributed by atoms with Crippen molar-refractivity contribution in [2.75, 3.05) is 20.1 Å². The van der Waals surface area contributed by atoms with Crippen molar-refractivity contribution in [2.45, 2.75) is 39.3 Å². The van der Waals surface area contributed by atoms with Gasteiger partial charge in [0.15, 0.2) is 0 Å². The second-order valence-corrected chi connectivity index (χ2v) is 6.57. The summed E-state index contributed by atoms with van der Waals surface area (Å²) in [5.74, 6) is 0. The van der Waals surface area contributed by atoms with E-state index >= 15 is 0 Å². The standard InChI is InChI=1S/C14H24N2O2S/c1-11(12-7-6-10-19-12)15-8-9-16(5)13(17)18-14(2,3)4/h6-7,10-11,15H,8-9H2,1-5H3. The molecule has 19 heavy (non-hydrogen) atoms. The highest BCUT2D eigenvalue weighted by atomic mass is 32.1. The van der Waals surface area contributed by atoms with Crippen LogP contribution in [0.2, 0.25) is 0 Å². The van der Waals surface area contributed by atoms with Crippen molar-refractivity contribution in [3.63, 3.8) is 0 Å². The molecule has 1 rings (SSSR count). The molecule has 0 bridgehead atoms. The van der Waals surface area contributed by atoms with Crippen LogP contribution in [0.5, 0.6) is 0 Å². The normalized spacial score (nSPS) is 13.1. The summed E-state index contributed by atoms with van der Waals surface area (Å²) in [6.07, 6.45) is -0.280. The van der Waals surface area contributed by atoms with Crippen molar-refractivity contribution < 1.29 is 9.53 Å². The lowest BCUT2D eigenvalue weighted by atomic mass is 10.2. The highest BCUT2D eigenvalue weighted by Crippen LogP contribution is 2.17. The monoisotopic (exact) mass is 284 g/mol. The zero-order valence-electron chi connectivity index (χ0n) is 12.4. The van der Waals surface area contributed by atoms with Crippen LogP contribution in [0.4, 0.5) is 4.79 Å². The molecule has 0 radical (unpaired) electrons. The minimum absolute atomic E-state index is 0.280. The smallest absolute Gasteiger partial charge is 0.410 e. The Hall–Kier alpha value is -1.07. The Kier molecular flexibility index (Phi) is 5.82. The Morgan fingerprint density at radius 2 is 2.21 bits per heavy atom. The van der Waals surface area contributed by atoms with Crippen molar-refractivity contribution in [3.8, 4) is 0 Å². The third kappa shape index (κ3) is 6.07. The number of thiophene rings is 1. The Morgan fingerprint density at radius 3 is 2.74 bits per heavy atom. The zero-order valence-corrected chi connectivity index (χ0v) is 13.2. The number of nitrogens with one attached hydrogen (secondary N) is 1. The van der Waals surface area contributed by atoms with Gasteiger partial charge >= 0.3 is 6.09 Å². The predicted octanol–water partition coefficient (Wildman–Crippen LogP) is 3.27. The van der Waals surface area contributed by atoms with Gasteiger partial charge in [-0.2, -0.15) is 0 Å². The van der Waals surface area contributed by atoms with Gasteiger partial charge in [0.2, 0.25) is 0 Å². The fourth-order valence-corrected chi connectivity index (χ4v) is 2.28. The summed E-state index contributed by atoms with van der Waals surface area (Å²) in [5.41, 5.74) is -0.441. The second-order valence-electron chi connectivity index (χ2n) is 5.59. The van der Waals surface area contributed by atoms with Crippen LogP contribution in [0, 0.1) is 0 Å². The predicted molar refractivity (Wildman–Crippen MR) is 79.6 cm³/mol. The molecule has 1 amide bonds. The highest BCUT2D eigenvalue weighted by molar-refractivity contribution is 7.10. The largest absolute Gasteiger partial charge is 0.444 e. The van der Waals surface area contributed by atoms with Crippen molar-refractivity contribution in [1.29, 1.82) is 0 Å². The first kappa shape index (κ1) is 16.0. The number of carbonyl (C=O) groups excluding carboxylic acids is 1. The first-order chi connectivity index (χ1) is 8.79. The van der Waals surface area contributed by atoms with Crippen molar-refractivity contribution >= 4 is 17.4 Å². The molecule has 1 N–H and O–H groups in total. The average molecular weight is 284 g/mol. The van der Waals surface area contributed by atoms with Crippen LogP contribution in [-0.4, -0.2) is 36.7 Å². The first-order valence-electron chi connectivity index (χ1n) is 6.50. The minimum Gasteiger partial charge on any atom is -0.444 e. The first-order valence-corrected chi connectivity index (χ1v) is 7.38. The zero-order chi connectivity index (χ0) is 14.5. The van der Waals surface area contributed by atoms with Gasteiger partial charge in [0.25, 0.3) is 0 Å². The Morgan fingerprint density at radius 1 is 1.53 bits per heavy atom. The van der Waals surface area contributed by atoms with Gasteiger partial charge in [0, 0.05) is 31.1 Å². The summed E-state index contributed by atoms with van der Waals surface area (Å²) in [4.78, 5) is 14.6. The maximum atomic E-state index is 11.7. The number of nitrogens with zero attached hydrogens (tertiary/aromatic N) is 1. The number of amides is 1. The molecule has 0 aliphatic carbocycles. The topological polar surface area (TPSA) is 41.6 Å². The SMILES string of the molecule is CC(NCCN(C)C(=O)OC(C)(C)C)c1cccs1. The molecule has 1 aromatic heterocycles. The molecule has 0 fully saturated rings. The second kappa shape index (κ2) is 6.91. The number of carbonyl (C=O) groups is 1. The van der Waals surface area contributed by atoms with Gasteiger partial charge in [0.1, 0.15) is 5.60 Å². The molecule has 1 unspecified atom stereocenters. The average Bonchev–Trinajstić information content (AvgIpc) is 2.79. The van der Waals surface area contributed by atoms with Crippen molar-refractivity contribution in [2.24, 2.45) is 0 Å². The van der Waals surface area contributed by atoms with Gasteiger partial charge in [-0.05, 0) is 39.1 Å². The van der Waals surface area contributed by atoms with Crippen LogP contribution in [0.25, 0.3) is 0 Å². The lowest BCUT2D eigenvalue weighted by molar-refractivity contribution is 0.0299. The summed E-state index contributed by atoms with van der Waals surface area (Å²) >= 11 is 1.74. The third-order valence-corrected chi connectivity index (χ3v) is 3.63. The van der Waals surface area contributed by atoms with E-state index in [0.717, 1.165) is 6.54 Å². The molecule has 1 aromatic rings. The van der Waals surface area contributed by atoms with Crippen molar-refractivity contribution in [3.05, 3.63) is 22.4 Å². The molecule has 0 saturated heterocycles. The number of likely N-dealkylation sites (N-methyl/N-ethyl adjacent to an activating group) is 1. The fraction of sp³-hybridized carbons (Fsp3) is 0.643. The summed E-state index contributed by atoms with van der Waals surface area (Å²) in [5, 5.41) is 5.46. The minimum atomic E-state index is -0.441. The van der Waals surface area contributed by atoms with E-state index in [1.54, 1.807) is 23.3 Å². The molecule has 0 saturated carbocycles. The number of hydrogen-bond acceptors (Lipinski definition) is 4. The van der Waals surface area contributed by atoms with Gasteiger partial charge in [-0.15, -0.1) is 11.3 Å². The van der Waals surface area contributed by atoms with E-state index in [4.69, 9.17) is 4.74 Å². The van der Waals surface area contributed by atoms with E-state index in [9.17, 15) is 4.79 Å². The van der Waals surface area contributed by atoms with E-state index in [0.29, 0.717) is 12.6 Å². The van der Waals surface area contributed by atoms with E-state index in [1.165, 1.54) is 4.88 Å². The summed E-state index contributed by atoms with van der Waals surface area (Å²) in [6.45, 7) is 9.11. The van der Waals surface area contributed by atoms with Crippen LogP contribution >= 0.6 is 11.3 Å². The van der Waals surface area contributed by atoms with Crippen LogP contribution in [0.1, 0.15) is 38.6 Å². The molecule has 4 nitrogen and oxygen atoms in total. The van der Waals surface area contributed by atoms with E-state index in [-0.39, 0.29) is 6.09 Å². The summed E-state index contributed by atoms with van der Waals surface area (Å²) in [7, 11) is 1.76. The van der Waals surface area contributed by atoms with Gasteiger partial charge in [0.05, 0.1) is 0 Å². The Labute approximate surface area is 119 Å². The van der Waals surface area contributed by atoms with Gasteiger partial charge in [-0.1, -0.05) is 6.07 Å². The van der Waals surface area contributed by atoms with Crippen LogP contribution < -0.4 is 5.32 Å². The maximum Gasteiger partial charge on any atom is 0.410 e. The molecule has 0 aliphatic rings. The molecule has 0 aromatic carbocycles. The molecule has 0 spiro atoms. The molecule has 0 aliphatic heterocycles. The van der Waals surface area contributed by atoms with E-state index in [2.05, 4.69) is 23.7 Å². The molecular weight excluding hydrogens is 260 g/mol. The lowest BCUT2D eigenvalue weighted by Crippen LogP contribution is -2.38. The molecular formula is C14H24N2O2S. The Bertz CT molecular complexity index is 385. The van der Waals surface area contributed by atoms with Gasteiger partial charge < -0.3 is 15.0 Å². The third-order valence-electron chi connectivity index (χ3n) is 2.57. The lowest BCUT2D eigenvalue weighted by Gasteiger charge is -2.25. The highest BCUT2D eigenvalue weighted by Gasteiger charge is 2.19. The van der Waals surface area contributed by atoms with E-state index in [1.807, 2.05) is 26.8 Å². The van der Waals surface area contributed by atoms with Gasteiger partial charge in [-0.25, -0.2) is 4.79 Å².